The number of hydrogen-bond acceptors (Lipinski definition) is 3. The second-order valence-corrected chi connectivity index (χ2v) is 2.71. The second kappa shape index (κ2) is 4.15. The minimum atomic E-state index is -1.01. The van der Waals surface area contributed by atoms with Crippen LogP contribution in [-0.4, -0.2) is 24.5 Å². The Morgan fingerprint density at radius 3 is 2.57 bits per heavy atom. The molecule has 0 amide bonds. The molecule has 3 nitrogen and oxygen atoms in total. The summed E-state index contributed by atoms with van der Waals surface area (Å²) in [6, 6.07) is 1.57. The normalized spacial score (nSPS) is 10.2. The summed E-state index contributed by atoms with van der Waals surface area (Å²) in [5.74, 6) is -3.57. The smallest absolute Gasteiger partial charge is 0.183 e. The number of phenols is 1. The third kappa shape index (κ3) is 1.88. The Bertz CT molecular complexity index is 366. The molecule has 0 fully saturated rings. The Hall–Kier alpha value is -1.49. The van der Waals surface area contributed by atoms with Gasteiger partial charge in [0.15, 0.2) is 17.3 Å². The predicted molar refractivity (Wildman–Crippen MR) is 46.3 cm³/mol. The number of benzene rings is 1. The summed E-state index contributed by atoms with van der Waals surface area (Å²) in [7, 11) is 1.49. The highest BCUT2D eigenvalue weighted by molar-refractivity contribution is 6.00. The van der Waals surface area contributed by atoms with Crippen LogP contribution in [0.1, 0.15) is 10.4 Å². The van der Waals surface area contributed by atoms with Crippen molar-refractivity contribution in [2.24, 2.45) is 0 Å². The van der Waals surface area contributed by atoms with Crippen molar-refractivity contribution in [3.63, 3.8) is 0 Å². The fraction of sp³-hybridized carbons (Fsp3) is 0.222. The lowest BCUT2D eigenvalue weighted by molar-refractivity contribution is 0.0986. The van der Waals surface area contributed by atoms with E-state index in [1.54, 1.807) is 0 Å². The third-order valence-corrected chi connectivity index (χ3v) is 1.69. The number of ketones is 1. The van der Waals surface area contributed by atoms with Crippen molar-refractivity contribution < 1.29 is 18.7 Å². The molecule has 2 N–H and O–H groups in total. The molecular formula is C9H9F2NO2. The number of hydrogen-bond donors (Lipinski definition) is 2. The number of phenolic OH excluding ortho intramolecular Hbond substituents is 1. The number of halogens is 2. The first kappa shape index (κ1) is 10.6. The average molecular weight is 201 g/mol. The summed E-state index contributed by atoms with van der Waals surface area (Å²) in [5, 5.41) is 11.6. The highest BCUT2D eigenvalue weighted by Crippen LogP contribution is 2.23. The maximum absolute atomic E-state index is 13.0. The first-order valence-electron chi connectivity index (χ1n) is 3.92. The van der Waals surface area contributed by atoms with E-state index >= 15 is 0 Å². The monoisotopic (exact) mass is 201 g/mol. The Labute approximate surface area is 79.4 Å². The van der Waals surface area contributed by atoms with Crippen LogP contribution in [0.25, 0.3) is 0 Å². The Balaban J connectivity index is 3.18. The Morgan fingerprint density at radius 1 is 1.43 bits per heavy atom. The Kier molecular flexibility index (Phi) is 3.14. The van der Waals surface area contributed by atoms with Gasteiger partial charge in [-0.05, 0) is 19.2 Å². The van der Waals surface area contributed by atoms with Crippen molar-refractivity contribution in [1.82, 2.24) is 5.32 Å². The minimum absolute atomic E-state index is 0.159. The van der Waals surface area contributed by atoms with Gasteiger partial charge >= 0.3 is 0 Å². The van der Waals surface area contributed by atoms with E-state index in [4.69, 9.17) is 5.11 Å². The van der Waals surface area contributed by atoms with Crippen LogP contribution in [0.5, 0.6) is 5.75 Å². The topological polar surface area (TPSA) is 49.3 Å². The summed E-state index contributed by atoms with van der Waals surface area (Å²) < 4.78 is 25.8. The van der Waals surface area contributed by atoms with Gasteiger partial charge in [-0.1, -0.05) is 0 Å². The first-order valence-corrected chi connectivity index (χ1v) is 3.92. The molecule has 0 bridgehead atoms. The molecule has 0 aliphatic heterocycles. The van der Waals surface area contributed by atoms with Crippen LogP contribution >= 0.6 is 0 Å². The number of aromatic hydroxyl groups is 1. The zero-order valence-electron chi connectivity index (χ0n) is 7.47. The first-order chi connectivity index (χ1) is 6.57. The average Bonchev–Trinajstić information content (AvgIpc) is 2.13. The van der Waals surface area contributed by atoms with Crippen LogP contribution in [0.3, 0.4) is 0 Å². The lowest BCUT2D eigenvalue weighted by Gasteiger charge is -2.05. The zero-order valence-corrected chi connectivity index (χ0v) is 7.47. The van der Waals surface area contributed by atoms with Crippen molar-refractivity contribution >= 4 is 5.78 Å². The predicted octanol–water partition coefficient (Wildman–Crippen LogP) is 1.07. The quantitative estimate of drug-likeness (QED) is 0.719. The van der Waals surface area contributed by atoms with Crippen LogP contribution in [0.2, 0.25) is 0 Å². The number of carbonyl (C=O) groups is 1. The zero-order chi connectivity index (χ0) is 10.7. The van der Waals surface area contributed by atoms with Crippen LogP contribution in [0.4, 0.5) is 8.78 Å². The van der Waals surface area contributed by atoms with Gasteiger partial charge in [0, 0.05) is 0 Å². The summed E-state index contributed by atoms with van der Waals surface area (Å²) >= 11 is 0. The molecule has 0 saturated heterocycles. The minimum Gasteiger partial charge on any atom is -0.504 e. The van der Waals surface area contributed by atoms with Gasteiger partial charge in [-0.2, -0.15) is 0 Å². The molecule has 0 aromatic heterocycles. The van der Waals surface area contributed by atoms with Gasteiger partial charge in [0.05, 0.1) is 12.1 Å². The third-order valence-electron chi connectivity index (χ3n) is 1.69. The lowest BCUT2D eigenvalue weighted by Crippen LogP contribution is -2.20. The Morgan fingerprint density at radius 2 is 2.00 bits per heavy atom. The number of likely N-dealkylation sites (N-methyl/N-ethyl adjacent to an activating group) is 1. The van der Waals surface area contributed by atoms with E-state index in [2.05, 4.69) is 5.32 Å². The van der Waals surface area contributed by atoms with Gasteiger partial charge < -0.3 is 10.4 Å². The number of Topliss-reactive ketones (excluding diaryl/α,β-unsaturated/α-hetero) is 1. The van der Waals surface area contributed by atoms with E-state index in [9.17, 15) is 13.6 Å². The van der Waals surface area contributed by atoms with Crippen molar-refractivity contribution in [2.75, 3.05) is 13.6 Å². The summed E-state index contributed by atoms with van der Waals surface area (Å²) in [6.45, 7) is -0.159. The summed E-state index contributed by atoms with van der Waals surface area (Å²) in [4.78, 5) is 11.2. The molecule has 0 heterocycles. The molecule has 1 aromatic carbocycles. The highest BCUT2D eigenvalue weighted by atomic mass is 19.1. The molecule has 0 aliphatic rings. The van der Waals surface area contributed by atoms with Gasteiger partial charge in [0.1, 0.15) is 5.82 Å². The maximum atomic E-state index is 13.0. The van der Waals surface area contributed by atoms with Crippen molar-refractivity contribution in [1.29, 1.82) is 0 Å². The molecule has 1 aromatic rings. The number of rotatable bonds is 3. The van der Waals surface area contributed by atoms with E-state index in [0.29, 0.717) is 0 Å². The number of carbonyl (C=O) groups excluding carboxylic acids is 1. The van der Waals surface area contributed by atoms with Gasteiger partial charge in [-0.25, -0.2) is 8.78 Å². The van der Waals surface area contributed by atoms with Gasteiger partial charge in [-0.15, -0.1) is 0 Å². The molecule has 0 aliphatic carbocycles. The van der Waals surface area contributed by atoms with E-state index in [-0.39, 0.29) is 6.54 Å². The van der Waals surface area contributed by atoms with Crippen molar-refractivity contribution in [3.05, 3.63) is 29.3 Å². The molecule has 1 rings (SSSR count). The summed E-state index contributed by atoms with van der Waals surface area (Å²) in [6.07, 6.45) is 0. The van der Waals surface area contributed by atoms with Crippen LogP contribution in [-0.2, 0) is 0 Å². The molecule has 0 spiro atoms. The number of nitrogens with one attached hydrogen (secondary N) is 1. The van der Waals surface area contributed by atoms with Crippen LogP contribution in [0.15, 0.2) is 12.1 Å². The fourth-order valence-electron chi connectivity index (χ4n) is 1.06. The molecular weight excluding hydrogens is 192 g/mol. The van der Waals surface area contributed by atoms with Gasteiger partial charge in [0.25, 0.3) is 0 Å². The highest BCUT2D eigenvalue weighted by Gasteiger charge is 2.18. The standard InChI is InChI=1S/C9H9F2NO2/c1-12-4-7(13)8-5(10)2-3-6(11)9(8)14/h2-3,12,14H,4H2,1H3. The van der Waals surface area contributed by atoms with Crippen LogP contribution < -0.4 is 5.32 Å². The van der Waals surface area contributed by atoms with E-state index in [1.807, 2.05) is 0 Å². The second-order valence-electron chi connectivity index (χ2n) is 2.71. The molecule has 0 atom stereocenters. The molecule has 14 heavy (non-hydrogen) atoms. The summed E-state index contributed by atoms with van der Waals surface area (Å²) in [5.41, 5.74) is -0.612. The van der Waals surface area contributed by atoms with Gasteiger partial charge in [-0.3, -0.25) is 4.79 Å². The largest absolute Gasteiger partial charge is 0.504 e. The van der Waals surface area contributed by atoms with Crippen molar-refractivity contribution in [3.8, 4) is 5.75 Å². The van der Waals surface area contributed by atoms with Crippen molar-refractivity contribution in [2.45, 2.75) is 0 Å². The van der Waals surface area contributed by atoms with E-state index in [1.165, 1.54) is 7.05 Å². The fourth-order valence-corrected chi connectivity index (χ4v) is 1.06. The molecule has 0 saturated carbocycles. The maximum Gasteiger partial charge on any atom is 0.183 e. The molecule has 5 heteroatoms. The van der Waals surface area contributed by atoms with Gasteiger partial charge in [0.2, 0.25) is 0 Å². The van der Waals surface area contributed by atoms with E-state index < -0.39 is 28.7 Å². The molecule has 76 valence electrons. The molecule has 0 unspecified atom stereocenters. The van der Waals surface area contributed by atoms with Crippen LogP contribution in [0, 0.1) is 11.6 Å². The SMILES string of the molecule is CNCC(=O)c1c(F)ccc(F)c1O. The lowest BCUT2D eigenvalue weighted by atomic mass is 10.1. The molecule has 0 radical (unpaired) electrons. The van der Waals surface area contributed by atoms with E-state index in [0.717, 1.165) is 12.1 Å².